The summed E-state index contributed by atoms with van der Waals surface area (Å²) >= 11 is 4.81. The van der Waals surface area contributed by atoms with Crippen LogP contribution in [0, 0.1) is 5.41 Å². The normalized spacial score (nSPS) is 14.3. The van der Waals surface area contributed by atoms with Crippen molar-refractivity contribution < 1.29 is 14.4 Å². The Kier molecular flexibility index (Phi) is 6.57. The highest BCUT2D eigenvalue weighted by atomic mass is 32.1. The minimum Gasteiger partial charge on any atom is -0.368 e. The summed E-state index contributed by atoms with van der Waals surface area (Å²) in [5.74, 6) is -1.80. The van der Waals surface area contributed by atoms with Gasteiger partial charge in [0.2, 0.25) is 17.7 Å². The van der Waals surface area contributed by atoms with Crippen LogP contribution in [0.1, 0.15) is 26.7 Å². The topological polar surface area (TPSA) is 141 Å². The first-order valence-corrected chi connectivity index (χ1v) is 6.19. The lowest BCUT2D eigenvalue weighted by Crippen LogP contribution is -2.53. The van der Waals surface area contributed by atoms with Crippen LogP contribution in [0.3, 0.4) is 0 Å². The van der Waals surface area contributed by atoms with E-state index in [0.717, 1.165) is 0 Å². The SMILES string of the molecule is CC(C)(C=S)[C@H](NC(=O)CC[C@H](N)C(N)=O)C(N)=O. The van der Waals surface area contributed by atoms with Gasteiger partial charge in [-0.15, -0.1) is 0 Å². The largest absolute Gasteiger partial charge is 0.368 e. The fourth-order valence-electron chi connectivity index (χ4n) is 1.35. The van der Waals surface area contributed by atoms with Crippen molar-refractivity contribution in [1.29, 1.82) is 0 Å². The molecule has 0 aromatic rings. The van der Waals surface area contributed by atoms with E-state index < -0.39 is 35.2 Å². The van der Waals surface area contributed by atoms with Crippen LogP contribution in [0.2, 0.25) is 0 Å². The molecule has 0 heterocycles. The fourth-order valence-corrected chi connectivity index (χ4v) is 1.49. The van der Waals surface area contributed by atoms with Gasteiger partial charge in [0.25, 0.3) is 0 Å². The number of nitrogens with two attached hydrogens (primary N) is 3. The van der Waals surface area contributed by atoms with Gasteiger partial charge in [0.05, 0.1) is 6.04 Å². The predicted molar refractivity (Wildman–Crippen MR) is 75.0 cm³/mol. The molecular formula is C11H20N4O3S. The van der Waals surface area contributed by atoms with Crippen LogP contribution in [0.5, 0.6) is 0 Å². The lowest BCUT2D eigenvalue weighted by Gasteiger charge is -2.28. The molecule has 3 amide bonds. The van der Waals surface area contributed by atoms with Crippen LogP contribution < -0.4 is 22.5 Å². The number of amides is 3. The first-order valence-electron chi connectivity index (χ1n) is 5.71. The molecule has 0 aliphatic heterocycles. The first-order chi connectivity index (χ1) is 8.61. The van der Waals surface area contributed by atoms with E-state index in [2.05, 4.69) is 5.32 Å². The third-order valence-corrected chi connectivity index (χ3v) is 3.29. The molecule has 0 unspecified atom stereocenters. The number of nitrogens with one attached hydrogen (secondary N) is 1. The molecule has 0 spiro atoms. The van der Waals surface area contributed by atoms with Crippen molar-refractivity contribution in [2.45, 2.75) is 38.8 Å². The summed E-state index contributed by atoms with van der Waals surface area (Å²) in [5, 5.41) is 3.86. The first kappa shape index (κ1) is 17.5. The molecule has 0 bridgehead atoms. The van der Waals surface area contributed by atoms with E-state index in [1.807, 2.05) is 0 Å². The minimum absolute atomic E-state index is 0.0264. The molecule has 0 aliphatic rings. The van der Waals surface area contributed by atoms with Crippen LogP contribution in [-0.4, -0.2) is 35.2 Å². The lowest BCUT2D eigenvalue weighted by atomic mass is 9.86. The number of hydrogen-bond donors (Lipinski definition) is 4. The molecule has 7 nitrogen and oxygen atoms in total. The Morgan fingerprint density at radius 2 is 1.79 bits per heavy atom. The lowest BCUT2D eigenvalue weighted by molar-refractivity contribution is -0.129. The summed E-state index contributed by atoms with van der Waals surface area (Å²) < 4.78 is 0. The van der Waals surface area contributed by atoms with Crippen LogP contribution in [0.25, 0.3) is 0 Å². The van der Waals surface area contributed by atoms with Gasteiger partial charge in [-0.3, -0.25) is 14.4 Å². The Morgan fingerprint density at radius 3 is 2.16 bits per heavy atom. The molecule has 0 rings (SSSR count). The number of thiocarbonyl (C=S) groups is 1. The molecule has 108 valence electrons. The maximum atomic E-state index is 11.7. The zero-order valence-corrected chi connectivity index (χ0v) is 11.8. The minimum atomic E-state index is -0.915. The summed E-state index contributed by atoms with van der Waals surface area (Å²) in [6, 6.07) is -1.81. The third kappa shape index (κ3) is 5.75. The monoisotopic (exact) mass is 288 g/mol. The quantitative estimate of drug-likeness (QED) is 0.405. The highest BCUT2D eigenvalue weighted by Crippen LogP contribution is 2.18. The fraction of sp³-hybridized carbons (Fsp3) is 0.636. The Morgan fingerprint density at radius 1 is 1.26 bits per heavy atom. The van der Waals surface area contributed by atoms with E-state index in [9.17, 15) is 14.4 Å². The van der Waals surface area contributed by atoms with Gasteiger partial charge >= 0.3 is 0 Å². The second-order valence-corrected chi connectivity index (χ2v) is 5.13. The highest BCUT2D eigenvalue weighted by molar-refractivity contribution is 7.79. The number of carbonyl (C=O) groups is 3. The Hall–Kier alpha value is -1.54. The Labute approximate surface area is 117 Å². The molecule has 8 heteroatoms. The maximum absolute atomic E-state index is 11.7. The highest BCUT2D eigenvalue weighted by Gasteiger charge is 2.33. The summed E-state index contributed by atoms with van der Waals surface area (Å²) in [5.41, 5.74) is 14.9. The number of rotatable bonds is 8. The number of carbonyl (C=O) groups excluding carboxylic acids is 3. The molecule has 0 aliphatic carbocycles. The van der Waals surface area contributed by atoms with Crippen LogP contribution in [-0.2, 0) is 14.4 Å². The summed E-state index contributed by atoms with van der Waals surface area (Å²) in [6.07, 6.45) is 0.0755. The standard InChI is InChI=1S/C11H20N4O3S/c1-11(2,5-19)8(10(14)18)15-7(16)4-3-6(12)9(13)17/h5-6,8H,3-4,12H2,1-2H3,(H2,13,17)(H2,14,18)(H,15,16)/t6-,8+/m0/s1. The smallest absolute Gasteiger partial charge is 0.240 e. The summed E-state index contributed by atoms with van der Waals surface area (Å²) in [4.78, 5) is 33.7. The van der Waals surface area contributed by atoms with Gasteiger partial charge in [0.1, 0.15) is 6.04 Å². The van der Waals surface area contributed by atoms with Gasteiger partial charge in [-0.25, -0.2) is 0 Å². The van der Waals surface area contributed by atoms with E-state index in [1.165, 1.54) is 5.37 Å². The van der Waals surface area contributed by atoms with E-state index >= 15 is 0 Å². The van der Waals surface area contributed by atoms with Crippen molar-refractivity contribution in [3.05, 3.63) is 0 Å². The zero-order chi connectivity index (χ0) is 15.2. The van der Waals surface area contributed by atoms with Gasteiger partial charge in [-0.05, 0) is 11.8 Å². The van der Waals surface area contributed by atoms with Gasteiger partial charge in [0.15, 0.2) is 0 Å². The van der Waals surface area contributed by atoms with Crippen molar-refractivity contribution >= 4 is 35.3 Å². The average Bonchev–Trinajstić information content (AvgIpc) is 2.32. The van der Waals surface area contributed by atoms with Crippen molar-refractivity contribution in [1.82, 2.24) is 5.32 Å². The van der Waals surface area contributed by atoms with Crippen LogP contribution in [0.4, 0.5) is 0 Å². The van der Waals surface area contributed by atoms with Crippen LogP contribution in [0.15, 0.2) is 0 Å². The van der Waals surface area contributed by atoms with E-state index in [-0.39, 0.29) is 12.8 Å². The third-order valence-electron chi connectivity index (χ3n) is 2.69. The molecule has 2 atom stereocenters. The summed E-state index contributed by atoms with van der Waals surface area (Å²) in [7, 11) is 0. The van der Waals surface area contributed by atoms with E-state index in [1.54, 1.807) is 13.8 Å². The van der Waals surface area contributed by atoms with E-state index in [4.69, 9.17) is 29.4 Å². The van der Waals surface area contributed by atoms with Gasteiger partial charge in [0, 0.05) is 11.8 Å². The Bertz CT molecular complexity index is 384. The second kappa shape index (κ2) is 7.15. The predicted octanol–water partition coefficient (Wildman–Crippen LogP) is -1.42. The number of primary amides is 2. The number of hydrogen-bond acceptors (Lipinski definition) is 5. The Balaban J connectivity index is 4.54. The van der Waals surface area contributed by atoms with E-state index in [0.29, 0.717) is 0 Å². The molecule has 0 fully saturated rings. The van der Waals surface area contributed by atoms with Crippen molar-refractivity contribution in [3.8, 4) is 0 Å². The maximum Gasteiger partial charge on any atom is 0.240 e. The molecule has 0 saturated heterocycles. The van der Waals surface area contributed by atoms with Crippen molar-refractivity contribution in [2.75, 3.05) is 0 Å². The molecule has 19 heavy (non-hydrogen) atoms. The van der Waals surface area contributed by atoms with Gasteiger partial charge in [-0.1, -0.05) is 26.1 Å². The molecule has 7 N–H and O–H groups in total. The van der Waals surface area contributed by atoms with Gasteiger partial charge in [-0.2, -0.15) is 0 Å². The van der Waals surface area contributed by atoms with Gasteiger partial charge < -0.3 is 22.5 Å². The second-order valence-electron chi connectivity index (χ2n) is 4.89. The molecular weight excluding hydrogens is 268 g/mol. The van der Waals surface area contributed by atoms with Crippen LogP contribution >= 0.6 is 12.2 Å². The van der Waals surface area contributed by atoms with Crippen molar-refractivity contribution in [2.24, 2.45) is 22.6 Å². The molecule has 0 saturated carbocycles. The van der Waals surface area contributed by atoms with Crippen molar-refractivity contribution in [3.63, 3.8) is 0 Å². The average molecular weight is 288 g/mol. The molecule has 0 radical (unpaired) electrons. The molecule has 0 aromatic heterocycles. The zero-order valence-electron chi connectivity index (χ0n) is 11.0. The molecule has 0 aromatic carbocycles. The summed E-state index contributed by atoms with van der Waals surface area (Å²) in [6.45, 7) is 3.37.